The van der Waals surface area contributed by atoms with E-state index in [0.29, 0.717) is 28.0 Å². The van der Waals surface area contributed by atoms with Gasteiger partial charge in [0.25, 0.3) is 0 Å². The minimum absolute atomic E-state index is 0.259. The molecule has 4 rings (SSSR count). The molecule has 0 spiro atoms. The molecule has 3 aromatic heterocycles. The normalized spacial score (nSPS) is 12.6. The lowest BCUT2D eigenvalue weighted by atomic mass is 10.1. The number of rotatable bonds is 5. The summed E-state index contributed by atoms with van der Waals surface area (Å²) in [6, 6.07) is 15.6. The molecule has 0 radical (unpaired) electrons. The van der Waals surface area contributed by atoms with Crippen molar-refractivity contribution in [2.75, 3.05) is 0 Å². The van der Waals surface area contributed by atoms with E-state index in [9.17, 15) is 26.9 Å². The third-order valence-corrected chi connectivity index (χ3v) is 7.14. The molecule has 7 nitrogen and oxygen atoms in total. The van der Waals surface area contributed by atoms with Crippen LogP contribution < -0.4 is 4.72 Å². The number of sulfonamides is 1. The van der Waals surface area contributed by atoms with E-state index in [-0.39, 0.29) is 5.69 Å². The molecule has 0 fully saturated rings. The van der Waals surface area contributed by atoms with E-state index in [4.69, 9.17) is 0 Å². The van der Waals surface area contributed by atoms with Crippen molar-refractivity contribution in [1.82, 2.24) is 19.3 Å². The van der Waals surface area contributed by atoms with Crippen molar-refractivity contribution in [1.29, 1.82) is 5.26 Å². The van der Waals surface area contributed by atoms with Crippen LogP contribution in [0.4, 0.5) is 13.2 Å². The highest BCUT2D eigenvalue weighted by molar-refractivity contribution is 7.89. The first-order valence-electron chi connectivity index (χ1n) is 10.4. The Morgan fingerprint density at radius 3 is 2.37 bits per heavy atom. The standard InChI is InChI=1S/C24H20F3N5O2S/c1-15-7-9-17-18(13-28)22(32(20(17)12-15)21-6-4-5-11-29-21)19-10-8-16(14-30-19)35(33,34)31-23(2,3)24(25,26)27/h4-12,14,31H,1-3H3. The smallest absolute Gasteiger partial charge is 0.291 e. The largest absolute Gasteiger partial charge is 0.407 e. The van der Waals surface area contributed by atoms with Gasteiger partial charge < -0.3 is 0 Å². The zero-order valence-electron chi connectivity index (χ0n) is 18.9. The maximum atomic E-state index is 13.2. The van der Waals surface area contributed by atoms with Crippen LogP contribution >= 0.6 is 0 Å². The molecule has 0 amide bonds. The van der Waals surface area contributed by atoms with E-state index in [1.807, 2.05) is 25.1 Å². The summed E-state index contributed by atoms with van der Waals surface area (Å²) >= 11 is 0. The van der Waals surface area contributed by atoms with Crippen LogP contribution in [0.15, 0.2) is 65.8 Å². The second-order valence-electron chi connectivity index (χ2n) is 8.49. The average molecular weight is 500 g/mol. The van der Waals surface area contributed by atoms with Crippen LogP contribution in [0.5, 0.6) is 0 Å². The number of nitrogens with one attached hydrogen (secondary N) is 1. The Labute approximate surface area is 199 Å². The van der Waals surface area contributed by atoms with Crippen molar-refractivity contribution in [3.63, 3.8) is 0 Å². The molecule has 0 aliphatic rings. The summed E-state index contributed by atoms with van der Waals surface area (Å²) in [5.41, 5.74) is -0.0558. The summed E-state index contributed by atoms with van der Waals surface area (Å²) in [5, 5.41) is 10.6. The highest BCUT2D eigenvalue weighted by Gasteiger charge is 2.49. The fourth-order valence-corrected chi connectivity index (χ4v) is 4.95. The predicted octanol–water partition coefficient (Wildman–Crippen LogP) is 4.89. The van der Waals surface area contributed by atoms with Crippen molar-refractivity contribution in [2.24, 2.45) is 0 Å². The van der Waals surface area contributed by atoms with Crippen LogP contribution in [0.2, 0.25) is 0 Å². The van der Waals surface area contributed by atoms with E-state index >= 15 is 0 Å². The van der Waals surface area contributed by atoms with Gasteiger partial charge in [-0.15, -0.1) is 0 Å². The van der Waals surface area contributed by atoms with Gasteiger partial charge in [-0.3, -0.25) is 9.55 Å². The van der Waals surface area contributed by atoms with Crippen LogP contribution in [-0.4, -0.2) is 34.7 Å². The topological polar surface area (TPSA) is 101 Å². The van der Waals surface area contributed by atoms with Crippen molar-refractivity contribution in [2.45, 2.75) is 37.4 Å². The molecule has 11 heteroatoms. The first kappa shape index (κ1) is 24.4. The summed E-state index contributed by atoms with van der Waals surface area (Å²) in [6.07, 6.45) is -2.22. The molecule has 0 bridgehead atoms. The number of fused-ring (bicyclic) bond motifs is 1. The molecule has 0 aliphatic heterocycles. The number of hydrogen-bond donors (Lipinski definition) is 1. The molecule has 1 aromatic carbocycles. The van der Waals surface area contributed by atoms with Crippen molar-refractivity contribution in [3.8, 4) is 23.3 Å². The fourth-order valence-electron chi connectivity index (χ4n) is 3.61. The molecule has 0 aliphatic carbocycles. The first-order valence-corrected chi connectivity index (χ1v) is 11.9. The summed E-state index contributed by atoms with van der Waals surface area (Å²) < 4.78 is 68.3. The average Bonchev–Trinajstić information content (AvgIpc) is 3.11. The minimum Gasteiger partial charge on any atom is -0.291 e. The number of nitrogens with zero attached hydrogens (tertiary/aromatic N) is 4. The number of benzene rings is 1. The Morgan fingerprint density at radius 2 is 1.80 bits per heavy atom. The van der Waals surface area contributed by atoms with Crippen LogP contribution in [0.25, 0.3) is 28.1 Å². The minimum atomic E-state index is -4.79. The van der Waals surface area contributed by atoms with E-state index in [1.165, 1.54) is 6.07 Å². The van der Waals surface area contributed by atoms with Gasteiger partial charge in [0.15, 0.2) is 0 Å². The Morgan fingerprint density at radius 1 is 1.06 bits per heavy atom. The van der Waals surface area contributed by atoms with Gasteiger partial charge in [-0.2, -0.15) is 23.2 Å². The van der Waals surface area contributed by atoms with E-state index in [0.717, 1.165) is 31.7 Å². The number of hydrogen-bond acceptors (Lipinski definition) is 5. The van der Waals surface area contributed by atoms with Gasteiger partial charge in [-0.25, -0.2) is 13.4 Å². The molecule has 3 heterocycles. The SMILES string of the molecule is Cc1ccc2c(C#N)c(-c3ccc(S(=O)(=O)NC(C)(C)C(F)(F)F)cn3)n(-c3ccccn3)c2c1. The van der Waals surface area contributed by atoms with Gasteiger partial charge >= 0.3 is 6.18 Å². The number of alkyl halides is 3. The molecule has 180 valence electrons. The van der Waals surface area contributed by atoms with Crippen LogP contribution in [0.3, 0.4) is 0 Å². The van der Waals surface area contributed by atoms with Gasteiger partial charge in [0.05, 0.1) is 22.5 Å². The van der Waals surface area contributed by atoms with Crippen LogP contribution in [0.1, 0.15) is 25.0 Å². The highest BCUT2D eigenvalue weighted by Crippen LogP contribution is 2.36. The van der Waals surface area contributed by atoms with Gasteiger partial charge in [-0.1, -0.05) is 18.2 Å². The van der Waals surface area contributed by atoms with E-state index in [1.54, 1.807) is 33.7 Å². The zero-order valence-corrected chi connectivity index (χ0v) is 19.7. The summed E-state index contributed by atoms with van der Waals surface area (Å²) in [7, 11) is -4.52. The number of pyridine rings is 2. The molecule has 4 aromatic rings. The van der Waals surface area contributed by atoms with Gasteiger partial charge in [0.1, 0.15) is 22.3 Å². The number of halogens is 3. The van der Waals surface area contributed by atoms with Gasteiger partial charge in [0.2, 0.25) is 10.0 Å². The van der Waals surface area contributed by atoms with Crippen molar-refractivity contribution < 1.29 is 21.6 Å². The summed E-state index contributed by atoms with van der Waals surface area (Å²) in [5.74, 6) is 0.520. The fraction of sp³-hybridized carbons (Fsp3) is 0.208. The highest BCUT2D eigenvalue weighted by atomic mass is 32.2. The summed E-state index contributed by atoms with van der Waals surface area (Å²) in [4.78, 5) is 8.18. The second-order valence-corrected chi connectivity index (χ2v) is 10.2. The van der Waals surface area contributed by atoms with Crippen LogP contribution in [-0.2, 0) is 10.0 Å². The van der Waals surface area contributed by atoms with Gasteiger partial charge in [-0.05, 0) is 56.7 Å². The van der Waals surface area contributed by atoms with Crippen molar-refractivity contribution >= 4 is 20.9 Å². The number of aryl methyl sites for hydroxylation is 1. The lowest BCUT2D eigenvalue weighted by molar-refractivity contribution is -0.180. The summed E-state index contributed by atoms with van der Waals surface area (Å²) in [6.45, 7) is 3.38. The second kappa shape index (κ2) is 8.48. The zero-order chi connectivity index (χ0) is 25.6. The van der Waals surface area contributed by atoms with E-state index in [2.05, 4.69) is 16.0 Å². The Kier molecular flexibility index (Phi) is 5.91. The molecule has 35 heavy (non-hydrogen) atoms. The third-order valence-electron chi connectivity index (χ3n) is 5.50. The van der Waals surface area contributed by atoms with Crippen molar-refractivity contribution in [3.05, 3.63) is 72.1 Å². The first-order chi connectivity index (χ1) is 16.4. The molecule has 1 N–H and O–H groups in total. The lowest BCUT2D eigenvalue weighted by Gasteiger charge is -2.28. The molecule has 0 atom stereocenters. The van der Waals surface area contributed by atoms with Crippen LogP contribution in [0, 0.1) is 18.3 Å². The Hall–Kier alpha value is -3.75. The lowest BCUT2D eigenvalue weighted by Crippen LogP contribution is -2.54. The maximum Gasteiger partial charge on any atom is 0.407 e. The predicted molar refractivity (Wildman–Crippen MR) is 124 cm³/mol. The molecule has 0 saturated heterocycles. The van der Waals surface area contributed by atoms with Gasteiger partial charge in [0, 0.05) is 17.8 Å². The molecule has 0 unspecified atom stereocenters. The molecular formula is C24H20F3N5O2S. The molecular weight excluding hydrogens is 479 g/mol. The quantitative estimate of drug-likeness (QED) is 0.422. The Balaban J connectivity index is 1.88. The molecule has 0 saturated carbocycles. The maximum absolute atomic E-state index is 13.2. The van der Waals surface area contributed by atoms with E-state index < -0.39 is 26.6 Å². The number of nitriles is 1. The third kappa shape index (κ3) is 4.38. The monoisotopic (exact) mass is 499 g/mol. The Bertz CT molecular complexity index is 1550. The number of aromatic nitrogens is 3.